The van der Waals surface area contributed by atoms with E-state index in [1.165, 1.54) is 0 Å². The molecule has 2 unspecified atom stereocenters. The number of aliphatic carboxylic acids is 1. The molecule has 19 heavy (non-hydrogen) atoms. The lowest BCUT2D eigenvalue weighted by molar-refractivity contribution is -0.140. The molecule has 1 rings (SSSR count). The summed E-state index contributed by atoms with van der Waals surface area (Å²) in [5, 5.41) is 11.2. The Bertz CT molecular complexity index is 336. The zero-order valence-corrected chi connectivity index (χ0v) is 10.8. The molecule has 110 valence electrons. The lowest BCUT2D eigenvalue weighted by atomic mass is 10.1. The van der Waals surface area contributed by atoms with E-state index in [0.29, 0.717) is 6.61 Å². The Kier molecular flexibility index (Phi) is 5.65. The van der Waals surface area contributed by atoms with Crippen LogP contribution in [0.25, 0.3) is 0 Å². The number of hydrogen-bond acceptors (Lipinski definition) is 3. The molecule has 0 bridgehead atoms. The van der Waals surface area contributed by atoms with Crippen molar-refractivity contribution in [2.24, 2.45) is 5.92 Å². The molecule has 1 aliphatic carbocycles. The van der Waals surface area contributed by atoms with Gasteiger partial charge in [-0.3, -0.25) is 9.59 Å². The summed E-state index contributed by atoms with van der Waals surface area (Å²) in [6.07, 6.45) is -1.40. The number of carbonyl (C=O) groups excluding carboxylic acids is 1. The first-order chi connectivity index (χ1) is 8.84. The number of hydrogen-bond donors (Lipinski definition) is 2. The van der Waals surface area contributed by atoms with Crippen LogP contribution in [0.4, 0.5) is 8.78 Å². The third-order valence-electron chi connectivity index (χ3n) is 3.08. The lowest BCUT2D eigenvalue weighted by Gasteiger charge is -2.17. The summed E-state index contributed by atoms with van der Waals surface area (Å²) in [4.78, 5) is 22.3. The third-order valence-corrected chi connectivity index (χ3v) is 3.08. The maximum absolute atomic E-state index is 13.0. The van der Waals surface area contributed by atoms with Crippen LogP contribution in [-0.4, -0.2) is 42.2 Å². The van der Waals surface area contributed by atoms with Crippen LogP contribution in [0.3, 0.4) is 0 Å². The van der Waals surface area contributed by atoms with Crippen LogP contribution in [-0.2, 0) is 14.3 Å². The number of nitrogens with one attached hydrogen (secondary N) is 1. The number of amides is 1. The molecule has 2 N–H and O–H groups in total. The Morgan fingerprint density at radius 1 is 1.53 bits per heavy atom. The van der Waals surface area contributed by atoms with Gasteiger partial charge in [-0.15, -0.1) is 0 Å². The van der Waals surface area contributed by atoms with Crippen molar-refractivity contribution < 1.29 is 28.2 Å². The van der Waals surface area contributed by atoms with Crippen molar-refractivity contribution >= 4 is 11.9 Å². The maximum Gasteiger partial charge on any atom is 0.306 e. The predicted octanol–water partition coefficient (Wildman–Crippen LogP) is 1.42. The standard InChI is InChI=1S/C12H19F2NO4/c1-2-19-9(5-10(16)17)7-15-11(18)8-3-4-12(13,14)6-8/h8-9H,2-7H2,1H3,(H,15,18)(H,16,17). The normalized spacial score (nSPS) is 23.0. The van der Waals surface area contributed by atoms with Crippen molar-refractivity contribution in [1.82, 2.24) is 5.32 Å². The Morgan fingerprint density at radius 2 is 2.21 bits per heavy atom. The summed E-state index contributed by atoms with van der Waals surface area (Å²) in [5.74, 6) is -4.93. The van der Waals surface area contributed by atoms with Crippen molar-refractivity contribution in [3.8, 4) is 0 Å². The van der Waals surface area contributed by atoms with Gasteiger partial charge < -0.3 is 15.2 Å². The van der Waals surface area contributed by atoms with Crippen molar-refractivity contribution in [2.75, 3.05) is 13.2 Å². The number of ether oxygens (including phenoxy) is 1. The van der Waals surface area contributed by atoms with E-state index in [4.69, 9.17) is 9.84 Å². The fraction of sp³-hybridized carbons (Fsp3) is 0.833. The van der Waals surface area contributed by atoms with E-state index in [2.05, 4.69) is 5.32 Å². The highest BCUT2D eigenvalue weighted by Crippen LogP contribution is 2.38. The van der Waals surface area contributed by atoms with E-state index >= 15 is 0 Å². The van der Waals surface area contributed by atoms with Crippen LogP contribution in [0, 0.1) is 5.92 Å². The van der Waals surface area contributed by atoms with Gasteiger partial charge in [0.05, 0.1) is 12.5 Å². The second kappa shape index (κ2) is 6.79. The molecule has 2 atom stereocenters. The Balaban J connectivity index is 2.37. The molecule has 0 saturated heterocycles. The molecule has 0 spiro atoms. The molecule has 1 saturated carbocycles. The largest absolute Gasteiger partial charge is 0.481 e. The van der Waals surface area contributed by atoms with E-state index in [0.717, 1.165) is 0 Å². The van der Waals surface area contributed by atoms with Gasteiger partial charge in [0.25, 0.3) is 0 Å². The molecule has 0 aromatic heterocycles. The molecular formula is C12H19F2NO4. The number of halogens is 2. The average molecular weight is 279 g/mol. The number of alkyl halides is 2. The van der Waals surface area contributed by atoms with Gasteiger partial charge in [0.15, 0.2) is 0 Å². The van der Waals surface area contributed by atoms with E-state index in [-0.39, 0.29) is 25.8 Å². The molecule has 7 heteroatoms. The molecular weight excluding hydrogens is 260 g/mol. The van der Waals surface area contributed by atoms with Gasteiger partial charge in [-0.2, -0.15) is 0 Å². The lowest BCUT2D eigenvalue weighted by Crippen LogP contribution is -2.38. The summed E-state index contributed by atoms with van der Waals surface area (Å²) >= 11 is 0. The molecule has 0 aliphatic heterocycles. The van der Waals surface area contributed by atoms with Crippen LogP contribution < -0.4 is 5.32 Å². The topological polar surface area (TPSA) is 75.6 Å². The summed E-state index contributed by atoms with van der Waals surface area (Å²) in [7, 11) is 0. The minimum absolute atomic E-state index is 0.0288. The highest BCUT2D eigenvalue weighted by Gasteiger charge is 2.42. The van der Waals surface area contributed by atoms with Crippen LogP contribution >= 0.6 is 0 Å². The van der Waals surface area contributed by atoms with Crippen LogP contribution in [0.15, 0.2) is 0 Å². The van der Waals surface area contributed by atoms with Gasteiger partial charge in [-0.1, -0.05) is 0 Å². The quantitative estimate of drug-likeness (QED) is 0.739. The fourth-order valence-electron chi connectivity index (χ4n) is 2.15. The molecule has 1 fully saturated rings. The second-order valence-corrected chi connectivity index (χ2v) is 4.72. The van der Waals surface area contributed by atoms with Gasteiger partial charge in [0, 0.05) is 31.9 Å². The zero-order valence-electron chi connectivity index (χ0n) is 10.8. The minimum atomic E-state index is -2.76. The number of carboxylic acid groups (broad SMARTS) is 1. The monoisotopic (exact) mass is 279 g/mol. The molecule has 5 nitrogen and oxygen atoms in total. The minimum Gasteiger partial charge on any atom is -0.481 e. The van der Waals surface area contributed by atoms with Gasteiger partial charge in [-0.05, 0) is 13.3 Å². The second-order valence-electron chi connectivity index (χ2n) is 4.72. The van der Waals surface area contributed by atoms with Gasteiger partial charge in [0.2, 0.25) is 11.8 Å². The van der Waals surface area contributed by atoms with E-state index in [1.54, 1.807) is 6.92 Å². The summed E-state index contributed by atoms with van der Waals surface area (Å²) in [6, 6.07) is 0. The van der Waals surface area contributed by atoms with Crippen LogP contribution in [0.1, 0.15) is 32.6 Å². The highest BCUT2D eigenvalue weighted by atomic mass is 19.3. The van der Waals surface area contributed by atoms with Gasteiger partial charge >= 0.3 is 5.97 Å². The first-order valence-corrected chi connectivity index (χ1v) is 6.33. The summed E-state index contributed by atoms with van der Waals surface area (Å²) in [6.45, 7) is 2.07. The summed E-state index contributed by atoms with van der Waals surface area (Å²) < 4.78 is 31.1. The molecule has 0 aromatic carbocycles. The highest BCUT2D eigenvalue weighted by molar-refractivity contribution is 5.79. The number of rotatable bonds is 7. The van der Waals surface area contributed by atoms with E-state index in [1.807, 2.05) is 0 Å². The SMILES string of the molecule is CCOC(CNC(=O)C1CCC(F)(F)C1)CC(=O)O. The Labute approximate surface area is 110 Å². The summed E-state index contributed by atoms with van der Waals surface area (Å²) in [5.41, 5.74) is 0. The van der Waals surface area contributed by atoms with E-state index < -0.39 is 36.2 Å². The Morgan fingerprint density at radius 3 is 2.68 bits per heavy atom. The maximum atomic E-state index is 13.0. The molecule has 1 amide bonds. The Hall–Kier alpha value is -1.24. The van der Waals surface area contributed by atoms with Gasteiger partial charge in [0.1, 0.15) is 0 Å². The fourth-order valence-corrected chi connectivity index (χ4v) is 2.15. The molecule has 0 radical (unpaired) electrons. The number of carbonyl (C=O) groups is 2. The predicted molar refractivity (Wildman–Crippen MR) is 63.0 cm³/mol. The first kappa shape index (κ1) is 15.8. The van der Waals surface area contributed by atoms with Gasteiger partial charge in [-0.25, -0.2) is 8.78 Å². The smallest absolute Gasteiger partial charge is 0.306 e. The van der Waals surface area contributed by atoms with Crippen LogP contribution in [0.2, 0.25) is 0 Å². The first-order valence-electron chi connectivity index (χ1n) is 6.33. The van der Waals surface area contributed by atoms with Crippen molar-refractivity contribution in [2.45, 2.75) is 44.6 Å². The molecule has 1 aliphatic rings. The van der Waals surface area contributed by atoms with Crippen LogP contribution in [0.5, 0.6) is 0 Å². The van der Waals surface area contributed by atoms with E-state index in [9.17, 15) is 18.4 Å². The molecule has 0 heterocycles. The van der Waals surface area contributed by atoms with Crippen molar-refractivity contribution in [3.05, 3.63) is 0 Å². The van der Waals surface area contributed by atoms with Crippen molar-refractivity contribution in [3.63, 3.8) is 0 Å². The zero-order chi connectivity index (χ0) is 14.5. The number of carboxylic acids is 1. The average Bonchev–Trinajstić information content (AvgIpc) is 2.66. The molecule has 0 aromatic rings. The third kappa shape index (κ3) is 5.50. The van der Waals surface area contributed by atoms with Crippen molar-refractivity contribution in [1.29, 1.82) is 0 Å².